The van der Waals surface area contributed by atoms with Crippen LogP contribution < -0.4 is 15.2 Å². The molecular formula is C15H24N2O3. The Morgan fingerprint density at radius 1 is 1.50 bits per heavy atom. The summed E-state index contributed by atoms with van der Waals surface area (Å²) in [7, 11) is 3.68. The van der Waals surface area contributed by atoms with E-state index in [1.807, 2.05) is 18.2 Å². The first-order valence-electron chi connectivity index (χ1n) is 7.06. The van der Waals surface area contributed by atoms with Gasteiger partial charge >= 0.3 is 0 Å². The van der Waals surface area contributed by atoms with Gasteiger partial charge in [-0.1, -0.05) is 12.1 Å². The molecular weight excluding hydrogens is 256 g/mol. The summed E-state index contributed by atoms with van der Waals surface area (Å²) in [5.41, 5.74) is 6.20. The third-order valence-corrected chi connectivity index (χ3v) is 3.67. The highest BCUT2D eigenvalue weighted by Crippen LogP contribution is 2.35. The van der Waals surface area contributed by atoms with Crippen LogP contribution in [0.5, 0.6) is 11.5 Å². The van der Waals surface area contributed by atoms with Crippen molar-refractivity contribution >= 4 is 0 Å². The van der Waals surface area contributed by atoms with E-state index in [4.69, 9.17) is 15.2 Å². The third-order valence-electron chi connectivity index (χ3n) is 3.67. The van der Waals surface area contributed by atoms with Crippen LogP contribution in [-0.4, -0.2) is 49.9 Å². The molecule has 1 aliphatic rings. The average molecular weight is 280 g/mol. The van der Waals surface area contributed by atoms with E-state index in [9.17, 15) is 5.11 Å². The zero-order valence-electron chi connectivity index (χ0n) is 12.2. The van der Waals surface area contributed by atoms with E-state index in [-0.39, 0.29) is 12.6 Å². The van der Waals surface area contributed by atoms with Gasteiger partial charge in [0.2, 0.25) is 0 Å². The smallest absolute Gasteiger partial charge is 0.166 e. The topological polar surface area (TPSA) is 68.0 Å². The van der Waals surface area contributed by atoms with Crippen molar-refractivity contribution in [1.82, 2.24) is 4.90 Å². The molecule has 1 aliphatic heterocycles. The van der Waals surface area contributed by atoms with Gasteiger partial charge in [-0.15, -0.1) is 0 Å². The molecule has 1 aromatic carbocycles. The molecule has 1 heterocycles. The van der Waals surface area contributed by atoms with Crippen molar-refractivity contribution in [3.8, 4) is 11.5 Å². The maximum Gasteiger partial charge on any atom is 0.166 e. The van der Waals surface area contributed by atoms with Gasteiger partial charge in [0, 0.05) is 18.7 Å². The van der Waals surface area contributed by atoms with Gasteiger partial charge in [-0.05, 0) is 32.5 Å². The summed E-state index contributed by atoms with van der Waals surface area (Å²) >= 11 is 0. The molecule has 0 radical (unpaired) electrons. The Bertz CT molecular complexity index is 439. The van der Waals surface area contributed by atoms with Crippen LogP contribution in [0.3, 0.4) is 0 Å². The number of hydrogen-bond acceptors (Lipinski definition) is 5. The van der Waals surface area contributed by atoms with Crippen LogP contribution in [-0.2, 0) is 0 Å². The van der Waals surface area contributed by atoms with Crippen molar-refractivity contribution < 1.29 is 14.6 Å². The number of rotatable bonds is 5. The zero-order valence-corrected chi connectivity index (χ0v) is 12.2. The van der Waals surface area contributed by atoms with E-state index < -0.39 is 6.10 Å². The second kappa shape index (κ2) is 6.92. The summed E-state index contributed by atoms with van der Waals surface area (Å²) in [4.78, 5) is 2.26. The number of aliphatic hydroxyl groups excluding tert-OH is 1. The molecule has 0 aromatic heterocycles. The third kappa shape index (κ3) is 3.42. The minimum Gasteiger partial charge on any atom is -0.492 e. The number of nitrogens with zero attached hydrogens (tertiary/aromatic N) is 1. The first kappa shape index (κ1) is 15.1. The molecule has 1 aromatic rings. The van der Waals surface area contributed by atoms with Gasteiger partial charge in [-0.25, -0.2) is 0 Å². The van der Waals surface area contributed by atoms with E-state index in [1.54, 1.807) is 7.11 Å². The summed E-state index contributed by atoms with van der Waals surface area (Å²) in [6, 6.07) is 5.55. The Balaban J connectivity index is 2.18. The molecule has 3 N–H and O–H groups in total. The van der Waals surface area contributed by atoms with Gasteiger partial charge in [0.25, 0.3) is 0 Å². The molecule has 112 valence electrons. The Labute approximate surface area is 120 Å². The molecule has 2 atom stereocenters. The number of piperidine rings is 1. The SMILES string of the molecule is COc1c(OC2CCCN(C)C2)cccc1C(O)CN. The number of aliphatic hydroxyl groups is 1. The fourth-order valence-corrected chi connectivity index (χ4v) is 2.63. The predicted molar refractivity (Wildman–Crippen MR) is 78.2 cm³/mol. The molecule has 0 amide bonds. The summed E-state index contributed by atoms with van der Waals surface area (Å²) in [5.74, 6) is 1.26. The summed E-state index contributed by atoms with van der Waals surface area (Å²) in [6.45, 7) is 2.18. The molecule has 5 nitrogen and oxygen atoms in total. The quantitative estimate of drug-likeness (QED) is 0.847. The van der Waals surface area contributed by atoms with E-state index in [2.05, 4.69) is 11.9 Å². The molecule has 1 saturated heterocycles. The first-order valence-corrected chi connectivity index (χ1v) is 7.06. The summed E-state index contributed by atoms with van der Waals surface area (Å²) < 4.78 is 11.5. The molecule has 1 fully saturated rings. The Hall–Kier alpha value is -1.30. The van der Waals surface area contributed by atoms with Crippen LogP contribution in [0.4, 0.5) is 0 Å². The van der Waals surface area contributed by atoms with E-state index >= 15 is 0 Å². The maximum absolute atomic E-state index is 9.94. The molecule has 20 heavy (non-hydrogen) atoms. The van der Waals surface area contributed by atoms with Gasteiger partial charge in [0.05, 0.1) is 13.2 Å². The van der Waals surface area contributed by atoms with Gasteiger partial charge < -0.3 is 25.2 Å². The normalized spacial score (nSPS) is 21.5. The highest BCUT2D eigenvalue weighted by molar-refractivity contribution is 5.47. The van der Waals surface area contributed by atoms with Crippen LogP contribution in [0, 0.1) is 0 Å². The Kier molecular flexibility index (Phi) is 5.23. The predicted octanol–water partition coefficient (Wildman–Crippen LogP) is 1.16. The Morgan fingerprint density at radius 2 is 2.30 bits per heavy atom. The molecule has 2 unspecified atom stereocenters. The largest absolute Gasteiger partial charge is 0.492 e. The summed E-state index contributed by atoms with van der Waals surface area (Å²) in [5, 5.41) is 9.94. The van der Waals surface area contributed by atoms with E-state index in [0.29, 0.717) is 17.1 Å². The lowest BCUT2D eigenvalue weighted by Crippen LogP contribution is -2.38. The highest BCUT2D eigenvalue weighted by atomic mass is 16.5. The average Bonchev–Trinajstić information content (AvgIpc) is 2.46. The number of methoxy groups -OCH3 is 1. The lowest BCUT2D eigenvalue weighted by Gasteiger charge is -2.30. The van der Waals surface area contributed by atoms with Gasteiger partial charge in [0.1, 0.15) is 6.10 Å². The lowest BCUT2D eigenvalue weighted by molar-refractivity contribution is 0.100. The second-order valence-corrected chi connectivity index (χ2v) is 5.27. The van der Waals surface area contributed by atoms with Gasteiger partial charge in [-0.2, -0.15) is 0 Å². The van der Waals surface area contributed by atoms with Crippen molar-refractivity contribution in [1.29, 1.82) is 0 Å². The molecule has 5 heteroatoms. The molecule has 0 aliphatic carbocycles. The van der Waals surface area contributed by atoms with Crippen LogP contribution in [0.2, 0.25) is 0 Å². The number of likely N-dealkylation sites (tertiary alicyclic amines) is 1. The fraction of sp³-hybridized carbons (Fsp3) is 0.600. The maximum atomic E-state index is 9.94. The molecule has 0 bridgehead atoms. The number of nitrogens with two attached hydrogens (primary N) is 1. The minimum absolute atomic E-state index is 0.159. The van der Waals surface area contributed by atoms with Crippen LogP contribution in [0.1, 0.15) is 24.5 Å². The number of benzene rings is 1. The fourth-order valence-electron chi connectivity index (χ4n) is 2.63. The van der Waals surface area contributed by atoms with Crippen LogP contribution in [0.25, 0.3) is 0 Å². The van der Waals surface area contributed by atoms with Crippen molar-refractivity contribution in [3.05, 3.63) is 23.8 Å². The lowest BCUT2D eigenvalue weighted by atomic mass is 10.1. The molecule has 0 spiro atoms. The minimum atomic E-state index is -0.734. The molecule has 2 rings (SSSR count). The van der Waals surface area contributed by atoms with Crippen molar-refractivity contribution in [2.24, 2.45) is 5.73 Å². The van der Waals surface area contributed by atoms with Crippen molar-refractivity contribution in [2.45, 2.75) is 25.0 Å². The Morgan fingerprint density at radius 3 is 2.95 bits per heavy atom. The van der Waals surface area contributed by atoms with Crippen LogP contribution in [0.15, 0.2) is 18.2 Å². The standard InChI is InChI=1S/C15H24N2O3/c1-17-8-4-5-11(10-17)20-14-7-3-6-12(13(18)9-16)15(14)19-2/h3,6-7,11,13,18H,4-5,8-10,16H2,1-2H3. The number of para-hydroxylation sites is 1. The van der Waals surface area contributed by atoms with Crippen LogP contribution >= 0.6 is 0 Å². The number of hydrogen-bond donors (Lipinski definition) is 2. The van der Waals surface area contributed by atoms with E-state index in [0.717, 1.165) is 25.9 Å². The number of likely N-dealkylation sites (N-methyl/N-ethyl adjacent to an activating group) is 1. The van der Waals surface area contributed by atoms with E-state index in [1.165, 1.54) is 0 Å². The van der Waals surface area contributed by atoms with Crippen molar-refractivity contribution in [3.63, 3.8) is 0 Å². The second-order valence-electron chi connectivity index (χ2n) is 5.27. The zero-order chi connectivity index (χ0) is 14.5. The monoisotopic (exact) mass is 280 g/mol. The highest BCUT2D eigenvalue weighted by Gasteiger charge is 2.22. The van der Waals surface area contributed by atoms with Gasteiger partial charge in [-0.3, -0.25) is 0 Å². The van der Waals surface area contributed by atoms with Gasteiger partial charge in [0.15, 0.2) is 11.5 Å². The van der Waals surface area contributed by atoms with Crippen molar-refractivity contribution in [2.75, 3.05) is 33.8 Å². The molecule has 0 saturated carbocycles. The first-order chi connectivity index (χ1) is 9.65. The number of ether oxygens (including phenoxy) is 2. The summed E-state index contributed by atoms with van der Waals surface area (Å²) in [6.07, 6.45) is 1.60.